The molecule has 5 heteroatoms. The van der Waals surface area contributed by atoms with Crippen LogP contribution in [-0.2, 0) is 16.6 Å². The van der Waals surface area contributed by atoms with Crippen molar-refractivity contribution in [1.29, 1.82) is 0 Å². The third-order valence-corrected chi connectivity index (χ3v) is 4.42. The van der Waals surface area contributed by atoms with Crippen LogP contribution in [0.2, 0.25) is 0 Å². The van der Waals surface area contributed by atoms with Crippen molar-refractivity contribution >= 4 is 5.91 Å². The lowest BCUT2D eigenvalue weighted by atomic mass is 9.88. The van der Waals surface area contributed by atoms with E-state index in [0.717, 1.165) is 19.3 Å². The minimum Gasteiger partial charge on any atom is -0.376 e. The fourth-order valence-corrected chi connectivity index (χ4v) is 3.16. The van der Waals surface area contributed by atoms with Gasteiger partial charge in [0.05, 0.1) is 11.9 Å². The van der Waals surface area contributed by atoms with Gasteiger partial charge < -0.3 is 14.6 Å². The van der Waals surface area contributed by atoms with Crippen LogP contribution in [0.5, 0.6) is 0 Å². The van der Waals surface area contributed by atoms with Gasteiger partial charge in [-0.2, -0.15) is 0 Å². The summed E-state index contributed by atoms with van der Waals surface area (Å²) in [6.07, 6.45) is 6.38. The van der Waals surface area contributed by atoms with E-state index in [4.69, 9.17) is 4.74 Å². The number of nitrogens with zero attached hydrogens (tertiary/aromatic N) is 2. The normalized spacial score (nSPS) is 31.9. The van der Waals surface area contributed by atoms with Crippen molar-refractivity contribution in [2.75, 3.05) is 6.61 Å². The summed E-state index contributed by atoms with van der Waals surface area (Å²) >= 11 is 0. The van der Waals surface area contributed by atoms with Gasteiger partial charge in [-0.3, -0.25) is 4.79 Å². The zero-order chi connectivity index (χ0) is 14.3. The molecule has 3 atom stereocenters. The van der Waals surface area contributed by atoms with Gasteiger partial charge in [-0.15, -0.1) is 0 Å². The van der Waals surface area contributed by atoms with Crippen molar-refractivity contribution in [3.8, 4) is 0 Å². The molecule has 5 nitrogen and oxygen atoms in total. The van der Waals surface area contributed by atoms with Gasteiger partial charge in [0.25, 0.3) is 0 Å². The van der Waals surface area contributed by atoms with Gasteiger partial charge in [-0.05, 0) is 33.1 Å². The van der Waals surface area contributed by atoms with Crippen LogP contribution in [0.3, 0.4) is 0 Å². The molecule has 20 heavy (non-hydrogen) atoms. The predicted octanol–water partition coefficient (Wildman–Crippen LogP) is 1.60. The Bertz CT molecular complexity index is 509. The first-order chi connectivity index (χ1) is 9.46. The average molecular weight is 277 g/mol. The van der Waals surface area contributed by atoms with Gasteiger partial charge in [-0.1, -0.05) is 0 Å². The number of ether oxygens (including phenoxy) is 1. The van der Waals surface area contributed by atoms with Gasteiger partial charge in [0.15, 0.2) is 0 Å². The van der Waals surface area contributed by atoms with Crippen molar-refractivity contribution in [2.24, 2.45) is 13.0 Å². The van der Waals surface area contributed by atoms with Gasteiger partial charge in [0.2, 0.25) is 5.91 Å². The minimum atomic E-state index is -0.175. The topological polar surface area (TPSA) is 56.2 Å². The van der Waals surface area contributed by atoms with Crippen LogP contribution in [0.15, 0.2) is 12.5 Å². The Hall–Kier alpha value is -1.36. The molecule has 0 spiro atoms. The van der Waals surface area contributed by atoms with Crippen LogP contribution in [0, 0.1) is 5.92 Å². The van der Waals surface area contributed by atoms with E-state index in [1.54, 1.807) is 0 Å². The number of imidazole rings is 1. The second-order valence-electron chi connectivity index (χ2n) is 6.68. The van der Waals surface area contributed by atoms with Crippen molar-refractivity contribution in [1.82, 2.24) is 14.9 Å². The third-order valence-electron chi connectivity index (χ3n) is 4.42. The molecule has 1 aromatic rings. The summed E-state index contributed by atoms with van der Waals surface area (Å²) in [5.74, 6) is 0.710. The highest BCUT2D eigenvalue weighted by Gasteiger charge is 2.43. The van der Waals surface area contributed by atoms with E-state index in [9.17, 15) is 4.79 Å². The van der Waals surface area contributed by atoms with Crippen LogP contribution >= 0.6 is 0 Å². The number of hydrogen-bond donors (Lipinski definition) is 1. The van der Waals surface area contributed by atoms with E-state index in [2.05, 4.69) is 24.1 Å². The first-order valence-electron chi connectivity index (χ1n) is 7.37. The van der Waals surface area contributed by atoms with Gasteiger partial charge in [0, 0.05) is 43.4 Å². The molecule has 1 saturated heterocycles. The summed E-state index contributed by atoms with van der Waals surface area (Å²) in [5.41, 5.74) is 1.04. The molecule has 1 unspecified atom stereocenters. The molecule has 2 heterocycles. The van der Waals surface area contributed by atoms with Crippen molar-refractivity contribution in [3.63, 3.8) is 0 Å². The Morgan fingerprint density at radius 2 is 2.35 bits per heavy atom. The summed E-state index contributed by atoms with van der Waals surface area (Å²) in [7, 11) is 2.00. The Morgan fingerprint density at radius 1 is 1.55 bits per heavy atom. The fourth-order valence-electron chi connectivity index (χ4n) is 3.16. The summed E-state index contributed by atoms with van der Waals surface area (Å²) < 4.78 is 7.71. The average Bonchev–Trinajstić information content (AvgIpc) is 2.99. The maximum Gasteiger partial charge on any atom is 0.223 e. The van der Waals surface area contributed by atoms with Crippen molar-refractivity contribution in [2.45, 2.75) is 50.7 Å². The van der Waals surface area contributed by atoms with Gasteiger partial charge >= 0.3 is 0 Å². The summed E-state index contributed by atoms with van der Waals surface area (Å²) in [6.45, 7) is 4.80. The van der Waals surface area contributed by atoms with Crippen LogP contribution < -0.4 is 5.32 Å². The van der Waals surface area contributed by atoms with Crippen LogP contribution in [0.1, 0.15) is 44.7 Å². The zero-order valence-corrected chi connectivity index (χ0v) is 12.4. The molecule has 1 amide bonds. The first kappa shape index (κ1) is 13.6. The van der Waals surface area contributed by atoms with Crippen molar-refractivity contribution < 1.29 is 9.53 Å². The Labute approximate surface area is 119 Å². The standard InChI is InChI=1S/C15H23N3O2/c1-15(2)7-10(4-5-20-15)14(19)17-12-6-11(12)13-8-16-9-18(13)3/h8-12H,4-7H2,1-3H3,(H,17,19)/t10?,11-,12-/m1/s1. The fraction of sp³-hybridized carbons (Fsp3) is 0.733. The van der Waals surface area contributed by atoms with Crippen LogP contribution in [-0.4, -0.2) is 33.7 Å². The molecule has 2 aliphatic rings. The minimum absolute atomic E-state index is 0.0894. The smallest absolute Gasteiger partial charge is 0.223 e. The molecule has 1 aliphatic carbocycles. The molecular weight excluding hydrogens is 254 g/mol. The molecule has 1 N–H and O–H groups in total. The summed E-state index contributed by atoms with van der Waals surface area (Å²) in [6, 6.07) is 0.281. The first-order valence-corrected chi connectivity index (χ1v) is 7.37. The van der Waals surface area contributed by atoms with E-state index >= 15 is 0 Å². The molecule has 0 aromatic carbocycles. The number of aryl methyl sites for hydroxylation is 1. The van der Waals surface area contributed by atoms with Crippen LogP contribution in [0.25, 0.3) is 0 Å². The zero-order valence-electron chi connectivity index (χ0n) is 12.4. The summed E-state index contributed by atoms with van der Waals surface area (Å²) in [5, 5.41) is 3.19. The monoisotopic (exact) mass is 277 g/mol. The maximum absolute atomic E-state index is 12.3. The molecule has 2 fully saturated rings. The second kappa shape index (κ2) is 4.88. The lowest BCUT2D eigenvalue weighted by Gasteiger charge is -2.34. The number of carbonyl (C=O) groups is 1. The number of rotatable bonds is 3. The number of aromatic nitrogens is 2. The number of amides is 1. The quantitative estimate of drug-likeness (QED) is 0.913. The van der Waals surface area contributed by atoms with Gasteiger partial charge in [0.1, 0.15) is 0 Å². The Morgan fingerprint density at radius 3 is 3.00 bits per heavy atom. The van der Waals surface area contributed by atoms with E-state index in [1.165, 1.54) is 5.69 Å². The van der Waals surface area contributed by atoms with Crippen molar-refractivity contribution in [3.05, 3.63) is 18.2 Å². The second-order valence-corrected chi connectivity index (χ2v) is 6.68. The SMILES string of the molecule is Cn1cncc1[C@@H]1C[C@H]1NC(=O)C1CCOC(C)(C)C1. The highest BCUT2D eigenvalue weighted by molar-refractivity contribution is 5.79. The molecular formula is C15H23N3O2. The molecule has 1 saturated carbocycles. The largest absolute Gasteiger partial charge is 0.376 e. The van der Waals surface area contributed by atoms with E-state index in [0.29, 0.717) is 12.5 Å². The number of nitrogens with one attached hydrogen (secondary N) is 1. The van der Waals surface area contributed by atoms with Crippen LogP contribution in [0.4, 0.5) is 0 Å². The highest BCUT2D eigenvalue weighted by atomic mass is 16.5. The molecule has 1 aromatic heterocycles. The molecule has 1 aliphatic heterocycles. The predicted molar refractivity (Wildman–Crippen MR) is 75.3 cm³/mol. The number of carbonyl (C=O) groups excluding carboxylic acids is 1. The van der Waals surface area contributed by atoms with E-state index in [-0.39, 0.29) is 23.5 Å². The number of hydrogen-bond acceptors (Lipinski definition) is 3. The van der Waals surface area contributed by atoms with Gasteiger partial charge in [-0.25, -0.2) is 4.98 Å². The Kier molecular flexibility index (Phi) is 3.32. The molecule has 0 radical (unpaired) electrons. The molecule has 110 valence electrons. The van der Waals surface area contributed by atoms with E-state index in [1.807, 2.05) is 24.1 Å². The molecule has 3 rings (SSSR count). The highest BCUT2D eigenvalue weighted by Crippen LogP contribution is 2.41. The molecule has 0 bridgehead atoms. The maximum atomic E-state index is 12.3. The lowest BCUT2D eigenvalue weighted by Crippen LogP contribution is -2.42. The summed E-state index contributed by atoms with van der Waals surface area (Å²) in [4.78, 5) is 16.5. The third kappa shape index (κ3) is 2.73. The van der Waals surface area contributed by atoms with E-state index < -0.39 is 0 Å². The Balaban J connectivity index is 1.55. The lowest BCUT2D eigenvalue weighted by molar-refractivity contribution is -0.135.